The second kappa shape index (κ2) is 15.2. The first-order chi connectivity index (χ1) is 23.7. The summed E-state index contributed by atoms with van der Waals surface area (Å²) in [7, 11) is 0. The van der Waals surface area contributed by atoms with Crippen LogP contribution in [0.25, 0.3) is 27.9 Å². The minimum absolute atomic E-state index is 0.0463. The van der Waals surface area contributed by atoms with Gasteiger partial charge in [0.1, 0.15) is 5.75 Å². The largest absolute Gasteiger partial charge is 0.490 e. The van der Waals surface area contributed by atoms with Crippen LogP contribution in [0.15, 0.2) is 80.0 Å². The number of benzene rings is 2. The number of aliphatic carboxylic acids is 1. The zero-order valence-corrected chi connectivity index (χ0v) is 30.8. The van der Waals surface area contributed by atoms with Crippen molar-refractivity contribution in [1.82, 2.24) is 9.61 Å². The molecule has 1 saturated heterocycles. The van der Waals surface area contributed by atoms with Crippen LogP contribution in [-0.4, -0.2) is 57.7 Å². The van der Waals surface area contributed by atoms with Gasteiger partial charge in [0.15, 0.2) is 6.10 Å². The van der Waals surface area contributed by atoms with Gasteiger partial charge in [-0.15, -0.1) is 13.2 Å². The maximum Gasteiger partial charge on any atom is 0.337 e. The lowest BCUT2D eigenvalue weighted by atomic mass is 9.91. The molecular weight excluding hydrogens is 626 g/mol. The molecule has 0 spiro atoms. The molecule has 1 aliphatic rings. The van der Waals surface area contributed by atoms with Crippen LogP contribution < -0.4 is 9.64 Å². The van der Waals surface area contributed by atoms with Crippen molar-refractivity contribution in [3.05, 3.63) is 96.7 Å². The number of ether oxygens (including phenoxy) is 3. The van der Waals surface area contributed by atoms with Crippen molar-refractivity contribution in [2.75, 3.05) is 24.6 Å². The van der Waals surface area contributed by atoms with Crippen molar-refractivity contribution in [3.63, 3.8) is 0 Å². The molecule has 1 N–H and O–H groups in total. The minimum atomic E-state index is -1.16. The monoisotopic (exact) mass is 679 g/mol. The number of aromatic nitrogens is 2. The lowest BCUT2D eigenvalue weighted by molar-refractivity contribution is -0.160. The summed E-state index contributed by atoms with van der Waals surface area (Å²) in [5.41, 5.74) is 7.12. The highest BCUT2D eigenvalue weighted by Gasteiger charge is 2.37. The second-order valence-electron chi connectivity index (χ2n) is 14.8. The van der Waals surface area contributed by atoms with Crippen LogP contribution in [-0.2, 0) is 14.3 Å². The summed E-state index contributed by atoms with van der Waals surface area (Å²) in [5, 5.41) is 15.6. The number of allylic oxidation sites excluding steroid dienone is 1. The highest BCUT2D eigenvalue weighted by Crippen LogP contribution is 2.42. The average molecular weight is 680 g/mol. The molecule has 1 aliphatic heterocycles. The first-order valence-corrected chi connectivity index (χ1v) is 17.6. The number of anilines is 1. The Morgan fingerprint density at radius 1 is 1.06 bits per heavy atom. The summed E-state index contributed by atoms with van der Waals surface area (Å²) in [6, 6.07) is 16.7. The van der Waals surface area contributed by atoms with E-state index >= 15 is 0 Å². The Labute approximate surface area is 297 Å². The van der Waals surface area contributed by atoms with Gasteiger partial charge < -0.3 is 24.2 Å². The molecule has 3 heterocycles. The number of fused-ring (bicyclic) bond motifs is 1. The van der Waals surface area contributed by atoms with Crippen molar-refractivity contribution < 1.29 is 24.1 Å². The Morgan fingerprint density at radius 2 is 1.78 bits per heavy atom. The Bertz CT molecular complexity index is 1840. The van der Waals surface area contributed by atoms with Crippen LogP contribution in [0, 0.1) is 13.8 Å². The fourth-order valence-corrected chi connectivity index (χ4v) is 6.69. The average Bonchev–Trinajstić information content (AvgIpc) is 3.49. The van der Waals surface area contributed by atoms with Crippen LogP contribution in [0.3, 0.4) is 0 Å². The van der Waals surface area contributed by atoms with Gasteiger partial charge in [-0.05, 0) is 110 Å². The molecule has 266 valence electrons. The van der Waals surface area contributed by atoms with Crippen molar-refractivity contribution in [2.45, 2.75) is 97.6 Å². The van der Waals surface area contributed by atoms with Gasteiger partial charge in [0, 0.05) is 36.0 Å². The Kier molecular flexibility index (Phi) is 11.2. The molecular formula is C42H53N3O5. The lowest BCUT2D eigenvalue weighted by Crippen LogP contribution is -2.45. The number of hydrogen-bond acceptors (Lipinski definition) is 6. The van der Waals surface area contributed by atoms with Gasteiger partial charge in [-0.2, -0.15) is 5.10 Å². The van der Waals surface area contributed by atoms with E-state index in [9.17, 15) is 9.90 Å². The number of carboxylic acid groups (broad SMARTS) is 1. The molecule has 0 bridgehead atoms. The predicted octanol–water partition coefficient (Wildman–Crippen LogP) is 9.52. The van der Waals surface area contributed by atoms with E-state index in [2.05, 4.69) is 75.2 Å². The third kappa shape index (κ3) is 8.48. The van der Waals surface area contributed by atoms with Crippen LogP contribution >= 0.6 is 0 Å². The molecule has 5 rings (SSSR count). The number of pyridine rings is 1. The number of rotatable bonds is 14. The number of piperidine rings is 1. The smallest absolute Gasteiger partial charge is 0.337 e. The summed E-state index contributed by atoms with van der Waals surface area (Å²) >= 11 is 0. The highest BCUT2D eigenvalue weighted by molar-refractivity contribution is 5.87. The number of nitrogens with zero attached hydrogens (tertiary/aromatic N) is 3. The van der Waals surface area contributed by atoms with Crippen molar-refractivity contribution in [1.29, 1.82) is 0 Å². The van der Waals surface area contributed by atoms with E-state index in [1.165, 1.54) is 0 Å². The van der Waals surface area contributed by atoms with E-state index in [1.54, 1.807) is 6.08 Å². The van der Waals surface area contributed by atoms with Crippen LogP contribution in [0.2, 0.25) is 0 Å². The summed E-state index contributed by atoms with van der Waals surface area (Å²) in [4.78, 5) is 15.2. The van der Waals surface area contributed by atoms with Crippen LogP contribution in [0.4, 0.5) is 5.69 Å². The molecule has 0 radical (unpaired) electrons. The second-order valence-corrected chi connectivity index (χ2v) is 14.8. The lowest BCUT2D eigenvalue weighted by Gasteiger charge is -2.41. The van der Waals surface area contributed by atoms with E-state index in [4.69, 9.17) is 19.3 Å². The Balaban J connectivity index is 1.61. The van der Waals surface area contributed by atoms with E-state index in [0.717, 1.165) is 76.1 Å². The first kappa shape index (κ1) is 36.9. The van der Waals surface area contributed by atoms with Crippen molar-refractivity contribution in [2.24, 2.45) is 0 Å². The highest BCUT2D eigenvalue weighted by atomic mass is 16.5. The fourth-order valence-electron chi connectivity index (χ4n) is 6.69. The molecule has 0 unspecified atom stereocenters. The standard InChI is InChI=1S/C42H53N3O5/c1-10-12-14-30(5)49-36-18-17-28(3)24-33(36)31-15-13-16-32(25-31)34-26-35-38(44-21-19-42(9,20-22-44)48-23-11-2)37(29(4)27-45(35)43-34)39(40(46)47)50-41(6,7)8/h10-11,13,15-18,24-27,30,39H,1-2,12,14,19-23H2,3-9H3,(H,46,47)/t30-,39-/m0/s1. The van der Waals surface area contributed by atoms with Gasteiger partial charge in [-0.25, -0.2) is 9.31 Å². The molecule has 2 aromatic heterocycles. The minimum Gasteiger partial charge on any atom is -0.490 e. The van der Waals surface area contributed by atoms with Gasteiger partial charge in [0.25, 0.3) is 0 Å². The first-order valence-electron chi connectivity index (χ1n) is 17.6. The summed E-state index contributed by atoms with van der Waals surface area (Å²) in [5.74, 6) is -0.179. The van der Waals surface area contributed by atoms with Gasteiger partial charge in [-0.1, -0.05) is 42.0 Å². The van der Waals surface area contributed by atoms with E-state index in [-0.39, 0.29) is 11.7 Å². The van der Waals surface area contributed by atoms with Gasteiger partial charge in [-0.3, -0.25) is 0 Å². The van der Waals surface area contributed by atoms with Crippen molar-refractivity contribution in [3.8, 4) is 28.1 Å². The Hall–Kier alpha value is -4.40. The molecule has 0 saturated carbocycles. The molecule has 2 aromatic carbocycles. The van der Waals surface area contributed by atoms with Gasteiger partial charge >= 0.3 is 5.97 Å². The molecule has 8 nitrogen and oxygen atoms in total. The third-order valence-corrected chi connectivity index (χ3v) is 9.33. The molecule has 2 atom stereocenters. The predicted molar refractivity (Wildman–Crippen MR) is 202 cm³/mol. The molecule has 0 aliphatic carbocycles. The maximum atomic E-state index is 12.9. The third-order valence-electron chi connectivity index (χ3n) is 9.33. The van der Waals surface area contributed by atoms with Gasteiger partial charge in [0.2, 0.25) is 0 Å². The number of carbonyl (C=O) groups is 1. The molecule has 4 aromatic rings. The number of aryl methyl sites for hydroxylation is 2. The van der Waals surface area contributed by atoms with E-state index in [1.807, 2.05) is 56.6 Å². The number of carboxylic acids is 1. The molecule has 0 amide bonds. The zero-order valence-electron chi connectivity index (χ0n) is 30.8. The fraction of sp³-hybridized carbons (Fsp3) is 0.429. The molecule has 50 heavy (non-hydrogen) atoms. The summed E-state index contributed by atoms with van der Waals surface area (Å²) < 4.78 is 20.7. The summed E-state index contributed by atoms with van der Waals surface area (Å²) in [6.45, 7) is 23.5. The Morgan fingerprint density at radius 3 is 2.44 bits per heavy atom. The molecule has 1 fully saturated rings. The van der Waals surface area contributed by atoms with E-state index in [0.29, 0.717) is 25.3 Å². The maximum absolute atomic E-state index is 12.9. The van der Waals surface area contributed by atoms with Crippen molar-refractivity contribution >= 4 is 17.2 Å². The SMILES string of the molecule is C=CCC[C@H](C)Oc1ccc(C)cc1-c1cccc(-c2cc3c(N4CCC(C)(OCC=C)CC4)c([C@H](OC(C)(C)C)C(=O)O)c(C)cn3n2)c1. The van der Waals surface area contributed by atoms with Gasteiger partial charge in [0.05, 0.1) is 40.8 Å². The normalized spacial score (nSPS) is 15.9. The quantitative estimate of drug-likeness (QED) is 0.133. The molecule has 8 heteroatoms. The van der Waals surface area contributed by atoms with Crippen LogP contribution in [0.1, 0.15) is 83.1 Å². The van der Waals surface area contributed by atoms with Crippen LogP contribution in [0.5, 0.6) is 5.75 Å². The zero-order chi connectivity index (χ0) is 36.2. The van der Waals surface area contributed by atoms with E-state index < -0.39 is 17.7 Å². The summed E-state index contributed by atoms with van der Waals surface area (Å²) in [6.07, 6.45) is 7.87. The topological polar surface area (TPSA) is 85.5 Å². The number of hydrogen-bond donors (Lipinski definition) is 1.